The molecule has 2 atom stereocenters. The molecule has 3 rings (SSSR count). The number of hydrogen-bond acceptors (Lipinski definition) is 2. The van der Waals surface area contributed by atoms with Crippen molar-refractivity contribution in [2.45, 2.75) is 36.2 Å². The van der Waals surface area contributed by atoms with E-state index in [0.29, 0.717) is 18.2 Å². The largest absolute Gasteiger partial charge is 0.307 e. The highest BCUT2D eigenvalue weighted by Gasteiger charge is 2.34. The van der Waals surface area contributed by atoms with Crippen molar-refractivity contribution >= 4 is 10.8 Å². The summed E-state index contributed by atoms with van der Waals surface area (Å²) in [4.78, 5) is 0.0643. The van der Waals surface area contributed by atoms with Crippen LogP contribution in [-0.2, 0) is 10.8 Å². The summed E-state index contributed by atoms with van der Waals surface area (Å²) in [5.74, 6) is -0.604. The highest BCUT2D eigenvalue weighted by molar-refractivity contribution is 7.85. The quantitative estimate of drug-likeness (QED) is 0.880. The molecule has 2 unspecified atom stereocenters. The van der Waals surface area contributed by atoms with E-state index in [1.54, 1.807) is 0 Å². The van der Waals surface area contributed by atoms with Crippen molar-refractivity contribution in [1.82, 2.24) is 5.32 Å². The molecule has 2 aliphatic rings. The van der Waals surface area contributed by atoms with E-state index in [1.165, 1.54) is 0 Å². The Morgan fingerprint density at radius 1 is 1.18 bits per heavy atom. The van der Waals surface area contributed by atoms with Crippen LogP contribution >= 0.6 is 0 Å². The molecule has 1 aromatic rings. The number of hydrogen-bond donors (Lipinski definition) is 1. The van der Waals surface area contributed by atoms with Gasteiger partial charge < -0.3 is 5.32 Å². The van der Waals surface area contributed by atoms with Gasteiger partial charge in [-0.3, -0.25) is 4.21 Å². The van der Waals surface area contributed by atoms with E-state index in [0.717, 1.165) is 25.0 Å². The van der Waals surface area contributed by atoms with Gasteiger partial charge in [0.25, 0.3) is 0 Å². The van der Waals surface area contributed by atoms with Crippen LogP contribution in [0.15, 0.2) is 17.0 Å². The van der Waals surface area contributed by atoms with Gasteiger partial charge in [0.1, 0.15) is 11.6 Å². The highest BCUT2D eigenvalue weighted by Crippen LogP contribution is 2.36. The summed E-state index contributed by atoms with van der Waals surface area (Å²) in [6.07, 6.45) is 2.79. The van der Waals surface area contributed by atoms with Crippen LogP contribution in [0.4, 0.5) is 8.78 Å². The molecule has 92 valence electrons. The molecule has 5 heteroatoms. The van der Waals surface area contributed by atoms with E-state index in [1.807, 2.05) is 0 Å². The Balaban J connectivity index is 2.05. The monoisotopic (exact) mass is 257 g/mol. The van der Waals surface area contributed by atoms with Gasteiger partial charge in [-0.2, -0.15) is 0 Å². The molecule has 0 aromatic heterocycles. The second-order valence-corrected chi connectivity index (χ2v) is 6.11. The van der Waals surface area contributed by atoms with E-state index < -0.39 is 22.4 Å². The molecule has 0 amide bonds. The predicted molar refractivity (Wildman–Crippen MR) is 61.1 cm³/mol. The molecule has 0 spiro atoms. The lowest BCUT2D eigenvalue weighted by Crippen LogP contribution is -2.30. The van der Waals surface area contributed by atoms with Crippen LogP contribution in [0.3, 0.4) is 0 Å². The normalized spacial score (nSPS) is 27.9. The molecular weight excluding hydrogens is 244 g/mol. The molecule has 17 heavy (non-hydrogen) atoms. The molecule has 1 aromatic carbocycles. The third-order valence-corrected chi connectivity index (χ3v) is 4.75. The van der Waals surface area contributed by atoms with Crippen molar-refractivity contribution in [2.24, 2.45) is 0 Å². The van der Waals surface area contributed by atoms with Crippen LogP contribution in [0.5, 0.6) is 0 Å². The predicted octanol–water partition coefficient (Wildman–Crippen LogP) is 2.27. The summed E-state index contributed by atoms with van der Waals surface area (Å²) in [6.45, 7) is 0. The number of nitrogens with one attached hydrogen (secondary N) is 1. The first-order valence-corrected chi connectivity index (χ1v) is 7.11. The van der Waals surface area contributed by atoms with Crippen LogP contribution in [0.2, 0.25) is 0 Å². The summed E-state index contributed by atoms with van der Waals surface area (Å²) >= 11 is 0. The van der Waals surface area contributed by atoms with Crippen molar-refractivity contribution in [3.63, 3.8) is 0 Å². The Labute approximate surface area is 101 Å². The summed E-state index contributed by atoms with van der Waals surface area (Å²) in [5, 5.41) is 3.30. The molecule has 1 aliphatic carbocycles. The molecule has 1 saturated carbocycles. The lowest BCUT2D eigenvalue weighted by molar-refractivity contribution is 0.456. The minimum atomic E-state index is -1.41. The van der Waals surface area contributed by atoms with Crippen molar-refractivity contribution in [3.8, 4) is 0 Å². The zero-order valence-electron chi connectivity index (χ0n) is 9.21. The molecule has 2 nitrogen and oxygen atoms in total. The Morgan fingerprint density at radius 2 is 1.88 bits per heavy atom. The van der Waals surface area contributed by atoms with Gasteiger partial charge in [-0.25, -0.2) is 8.78 Å². The molecule has 1 heterocycles. The topological polar surface area (TPSA) is 29.1 Å². The molecular formula is C12H13F2NOS. The Kier molecular flexibility index (Phi) is 2.75. The minimum Gasteiger partial charge on any atom is -0.307 e. The van der Waals surface area contributed by atoms with E-state index in [9.17, 15) is 13.0 Å². The van der Waals surface area contributed by atoms with Gasteiger partial charge in [0.15, 0.2) is 0 Å². The second kappa shape index (κ2) is 4.14. The number of rotatable bonds is 2. The summed E-state index contributed by atoms with van der Waals surface area (Å²) < 4.78 is 39.2. The molecule has 1 N–H and O–H groups in total. The average molecular weight is 257 g/mol. The standard InChI is InChI=1S/C12H13F2NOS/c13-8-3-4-9(14)12-11(8)10(5-6-17(12)16)15-7-1-2-7/h3-4,7,10,15H,1-2,5-6H2. The van der Waals surface area contributed by atoms with Gasteiger partial charge in [0.05, 0.1) is 15.7 Å². The van der Waals surface area contributed by atoms with Crippen molar-refractivity contribution in [2.75, 3.05) is 5.75 Å². The molecule has 0 saturated heterocycles. The fourth-order valence-corrected chi connectivity index (χ4v) is 3.70. The van der Waals surface area contributed by atoms with E-state index in [4.69, 9.17) is 0 Å². The SMILES string of the molecule is O=S1CCC(NC2CC2)c2c(F)ccc(F)c21. The van der Waals surface area contributed by atoms with Crippen LogP contribution in [0, 0.1) is 11.6 Å². The maximum absolute atomic E-state index is 13.8. The van der Waals surface area contributed by atoms with Crippen LogP contribution in [-0.4, -0.2) is 16.0 Å². The first-order valence-electron chi connectivity index (χ1n) is 5.79. The highest BCUT2D eigenvalue weighted by atomic mass is 32.2. The Hall–Kier alpha value is -0.810. The number of fused-ring (bicyclic) bond motifs is 1. The Bertz CT molecular complexity index is 488. The Morgan fingerprint density at radius 3 is 2.59 bits per heavy atom. The zero-order chi connectivity index (χ0) is 12.0. The van der Waals surface area contributed by atoms with Gasteiger partial charge in [0.2, 0.25) is 0 Å². The fourth-order valence-electron chi connectivity index (χ4n) is 2.28. The summed E-state index contributed by atoms with van der Waals surface area (Å²) in [7, 11) is -1.41. The van der Waals surface area contributed by atoms with E-state index >= 15 is 0 Å². The lowest BCUT2D eigenvalue weighted by Gasteiger charge is -2.26. The van der Waals surface area contributed by atoms with Crippen molar-refractivity contribution in [3.05, 3.63) is 29.3 Å². The van der Waals surface area contributed by atoms with Crippen LogP contribution in [0.1, 0.15) is 30.9 Å². The molecule has 0 radical (unpaired) electrons. The average Bonchev–Trinajstić information content (AvgIpc) is 3.10. The molecule has 1 fully saturated rings. The minimum absolute atomic E-state index is 0.0643. The van der Waals surface area contributed by atoms with Gasteiger partial charge >= 0.3 is 0 Å². The van der Waals surface area contributed by atoms with Gasteiger partial charge in [-0.05, 0) is 31.4 Å². The summed E-state index contributed by atoms with van der Waals surface area (Å²) in [5.41, 5.74) is 0.279. The summed E-state index contributed by atoms with van der Waals surface area (Å²) in [6, 6.07) is 2.41. The molecule has 1 aliphatic heterocycles. The van der Waals surface area contributed by atoms with Crippen LogP contribution < -0.4 is 5.32 Å². The third-order valence-electron chi connectivity index (χ3n) is 3.28. The first-order chi connectivity index (χ1) is 8.16. The number of benzene rings is 1. The van der Waals surface area contributed by atoms with Gasteiger partial charge in [-0.1, -0.05) is 0 Å². The maximum Gasteiger partial charge on any atom is 0.139 e. The van der Waals surface area contributed by atoms with Gasteiger partial charge in [-0.15, -0.1) is 0 Å². The number of halogens is 2. The molecule has 0 bridgehead atoms. The smallest absolute Gasteiger partial charge is 0.139 e. The van der Waals surface area contributed by atoms with Crippen molar-refractivity contribution in [1.29, 1.82) is 0 Å². The fraction of sp³-hybridized carbons (Fsp3) is 0.500. The van der Waals surface area contributed by atoms with E-state index in [-0.39, 0.29) is 16.5 Å². The second-order valence-electron chi connectivity index (χ2n) is 4.60. The first kappa shape index (κ1) is 11.3. The van der Waals surface area contributed by atoms with Gasteiger partial charge in [0, 0.05) is 23.4 Å². The van der Waals surface area contributed by atoms with Crippen LogP contribution in [0.25, 0.3) is 0 Å². The lowest BCUT2D eigenvalue weighted by atomic mass is 10.0. The third kappa shape index (κ3) is 2.02. The maximum atomic E-state index is 13.8. The van der Waals surface area contributed by atoms with Crippen molar-refractivity contribution < 1.29 is 13.0 Å². The van der Waals surface area contributed by atoms with E-state index in [2.05, 4.69) is 5.32 Å². The zero-order valence-corrected chi connectivity index (χ0v) is 10.0.